The lowest BCUT2D eigenvalue weighted by molar-refractivity contribution is 0.154. The van der Waals surface area contributed by atoms with Gasteiger partial charge >= 0.3 is 0 Å². The molecule has 1 fully saturated rings. The average molecular weight is 296 g/mol. The van der Waals surface area contributed by atoms with Crippen LogP contribution in [0.25, 0.3) is 0 Å². The number of hydrogen-bond donors (Lipinski definition) is 1. The van der Waals surface area contributed by atoms with Crippen LogP contribution in [0.5, 0.6) is 0 Å². The van der Waals surface area contributed by atoms with Crippen molar-refractivity contribution >= 4 is 23.2 Å². The average Bonchev–Trinajstić information content (AvgIpc) is 3.13. The van der Waals surface area contributed by atoms with Gasteiger partial charge in [-0.05, 0) is 54.2 Å². The van der Waals surface area contributed by atoms with Crippen molar-refractivity contribution in [3.05, 3.63) is 57.8 Å². The van der Waals surface area contributed by atoms with Crippen LogP contribution in [0.2, 0.25) is 10.0 Å². The molecule has 1 N–H and O–H groups in total. The maximum absolute atomic E-state index is 10.1. The van der Waals surface area contributed by atoms with Crippen LogP contribution in [0, 0.1) is 5.92 Å². The minimum absolute atomic E-state index is 0.323. The molecule has 2 nitrogen and oxygen atoms in total. The first-order valence-corrected chi connectivity index (χ1v) is 7.17. The molecule has 1 saturated carbocycles. The Morgan fingerprint density at radius 1 is 1.26 bits per heavy atom. The highest BCUT2D eigenvalue weighted by molar-refractivity contribution is 6.33. The number of rotatable bonds is 4. The Balaban J connectivity index is 1.77. The van der Waals surface area contributed by atoms with E-state index >= 15 is 0 Å². The van der Waals surface area contributed by atoms with Gasteiger partial charge < -0.3 is 9.67 Å². The van der Waals surface area contributed by atoms with Crippen LogP contribution < -0.4 is 0 Å². The van der Waals surface area contributed by atoms with Gasteiger partial charge in [0.2, 0.25) is 0 Å². The summed E-state index contributed by atoms with van der Waals surface area (Å²) >= 11 is 12.1. The molecule has 2 aromatic rings. The topological polar surface area (TPSA) is 25.2 Å². The predicted octanol–water partition coefficient (Wildman–Crippen LogP) is 4.29. The second-order valence-corrected chi connectivity index (χ2v) is 5.98. The number of aliphatic hydroxyl groups excluding tert-OH is 1. The summed E-state index contributed by atoms with van der Waals surface area (Å²) in [6.45, 7) is 0.663. The minimum atomic E-state index is -0.323. The maximum atomic E-state index is 10.1. The largest absolute Gasteiger partial charge is 0.388 e. The smallest absolute Gasteiger partial charge is 0.0832 e. The quantitative estimate of drug-likeness (QED) is 0.894. The van der Waals surface area contributed by atoms with Crippen LogP contribution in [0.1, 0.15) is 30.1 Å². The van der Waals surface area contributed by atoms with Crippen molar-refractivity contribution in [2.45, 2.75) is 25.5 Å². The third-order valence-electron chi connectivity index (χ3n) is 3.54. The van der Waals surface area contributed by atoms with E-state index in [1.165, 1.54) is 0 Å². The zero-order chi connectivity index (χ0) is 13.4. The first kappa shape index (κ1) is 13.0. The molecule has 0 aliphatic heterocycles. The minimum Gasteiger partial charge on any atom is -0.388 e. The Morgan fingerprint density at radius 2 is 2.05 bits per heavy atom. The monoisotopic (exact) mass is 295 g/mol. The molecule has 0 saturated heterocycles. The lowest BCUT2D eigenvalue weighted by atomic mass is 10.1. The summed E-state index contributed by atoms with van der Waals surface area (Å²) in [5.41, 5.74) is 1.97. The summed E-state index contributed by atoms with van der Waals surface area (Å²) in [5, 5.41) is 11.5. The van der Waals surface area contributed by atoms with Gasteiger partial charge in [0.15, 0.2) is 0 Å². The van der Waals surface area contributed by atoms with Crippen LogP contribution in [0.3, 0.4) is 0 Å². The van der Waals surface area contributed by atoms with Crippen LogP contribution in [-0.4, -0.2) is 9.67 Å². The van der Waals surface area contributed by atoms with Gasteiger partial charge in [-0.1, -0.05) is 23.2 Å². The summed E-state index contributed by atoms with van der Waals surface area (Å²) in [4.78, 5) is 0. The third kappa shape index (κ3) is 2.97. The summed E-state index contributed by atoms with van der Waals surface area (Å²) in [6.07, 6.45) is 5.90. The van der Waals surface area contributed by atoms with Gasteiger partial charge in [0.05, 0.1) is 6.10 Å². The number of nitrogens with zero attached hydrogens (tertiary/aromatic N) is 1. The van der Waals surface area contributed by atoms with Crippen LogP contribution in [0.15, 0.2) is 36.7 Å². The second-order valence-electron chi connectivity index (χ2n) is 5.14. The number of benzene rings is 1. The van der Waals surface area contributed by atoms with E-state index in [2.05, 4.69) is 0 Å². The van der Waals surface area contributed by atoms with Gasteiger partial charge in [-0.15, -0.1) is 0 Å². The predicted molar refractivity (Wildman–Crippen MR) is 77.7 cm³/mol. The molecule has 3 rings (SSSR count). The summed E-state index contributed by atoms with van der Waals surface area (Å²) in [6, 6.07) is 7.44. The fraction of sp³-hybridized carbons (Fsp3) is 0.333. The summed E-state index contributed by atoms with van der Waals surface area (Å²) < 4.78 is 2.03. The Bertz CT molecular complexity index is 590. The van der Waals surface area contributed by atoms with Crippen LogP contribution in [0.4, 0.5) is 0 Å². The summed E-state index contributed by atoms with van der Waals surface area (Å²) in [7, 11) is 0. The third-order valence-corrected chi connectivity index (χ3v) is 4.15. The van der Waals surface area contributed by atoms with Gasteiger partial charge in [0, 0.05) is 29.0 Å². The summed E-state index contributed by atoms with van der Waals surface area (Å²) in [5.74, 6) is 0.450. The maximum Gasteiger partial charge on any atom is 0.0832 e. The zero-order valence-electron chi connectivity index (χ0n) is 10.4. The second kappa shape index (κ2) is 5.20. The van der Waals surface area contributed by atoms with E-state index in [0.29, 0.717) is 22.5 Å². The highest BCUT2D eigenvalue weighted by Gasteiger charge is 2.31. The molecule has 1 atom stereocenters. The molecule has 1 aliphatic rings. The molecule has 100 valence electrons. The SMILES string of the molecule is OC(c1ccn(Cc2cc(Cl)ccc2Cl)c1)C1CC1. The molecule has 1 aromatic carbocycles. The van der Waals surface area contributed by atoms with Crippen molar-refractivity contribution in [1.82, 2.24) is 4.57 Å². The Morgan fingerprint density at radius 3 is 2.79 bits per heavy atom. The first-order valence-electron chi connectivity index (χ1n) is 6.41. The molecular formula is C15H15Cl2NO. The number of aliphatic hydroxyl groups is 1. The lowest BCUT2D eigenvalue weighted by Gasteiger charge is -2.08. The molecule has 0 bridgehead atoms. The van der Waals surface area contributed by atoms with Crippen molar-refractivity contribution in [3.63, 3.8) is 0 Å². The van der Waals surface area contributed by atoms with E-state index < -0.39 is 0 Å². The van der Waals surface area contributed by atoms with E-state index in [0.717, 1.165) is 24.0 Å². The molecule has 1 heterocycles. The fourth-order valence-electron chi connectivity index (χ4n) is 2.28. The van der Waals surface area contributed by atoms with Gasteiger partial charge in [-0.25, -0.2) is 0 Å². The zero-order valence-corrected chi connectivity index (χ0v) is 11.9. The Hall–Kier alpha value is -0.960. The highest BCUT2D eigenvalue weighted by Crippen LogP contribution is 2.40. The molecule has 19 heavy (non-hydrogen) atoms. The molecular weight excluding hydrogens is 281 g/mol. The van der Waals surface area contributed by atoms with Crippen molar-refractivity contribution in [2.24, 2.45) is 5.92 Å². The van der Waals surface area contributed by atoms with Crippen molar-refractivity contribution in [2.75, 3.05) is 0 Å². The van der Waals surface area contributed by atoms with Gasteiger partial charge in [0.25, 0.3) is 0 Å². The van der Waals surface area contributed by atoms with E-state index in [-0.39, 0.29) is 6.10 Å². The van der Waals surface area contributed by atoms with E-state index in [1.807, 2.05) is 35.2 Å². The van der Waals surface area contributed by atoms with Crippen molar-refractivity contribution in [1.29, 1.82) is 0 Å². The fourth-order valence-corrected chi connectivity index (χ4v) is 2.65. The van der Waals surface area contributed by atoms with Crippen LogP contribution in [-0.2, 0) is 6.54 Å². The van der Waals surface area contributed by atoms with Gasteiger partial charge in [-0.2, -0.15) is 0 Å². The van der Waals surface area contributed by atoms with E-state index in [1.54, 1.807) is 6.07 Å². The molecule has 1 unspecified atom stereocenters. The van der Waals surface area contributed by atoms with Crippen molar-refractivity contribution in [3.8, 4) is 0 Å². The van der Waals surface area contributed by atoms with Gasteiger partial charge in [0.1, 0.15) is 0 Å². The standard InChI is InChI=1S/C15H15Cl2NO/c16-13-3-4-14(17)12(7-13)9-18-6-5-11(8-18)15(19)10-1-2-10/h3-8,10,15,19H,1-2,9H2. The lowest BCUT2D eigenvalue weighted by Crippen LogP contribution is -2.00. The number of halogens is 2. The number of hydrogen-bond acceptors (Lipinski definition) is 1. The van der Waals surface area contributed by atoms with Crippen molar-refractivity contribution < 1.29 is 5.11 Å². The molecule has 4 heteroatoms. The number of aromatic nitrogens is 1. The normalized spacial score (nSPS) is 16.6. The van der Waals surface area contributed by atoms with E-state index in [4.69, 9.17) is 23.2 Å². The highest BCUT2D eigenvalue weighted by atomic mass is 35.5. The van der Waals surface area contributed by atoms with Gasteiger partial charge in [-0.3, -0.25) is 0 Å². The molecule has 0 amide bonds. The van der Waals surface area contributed by atoms with E-state index in [9.17, 15) is 5.11 Å². The Labute approximate surface area is 122 Å². The van der Waals surface area contributed by atoms with Crippen LogP contribution >= 0.6 is 23.2 Å². The molecule has 0 radical (unpaired) electrons. The molecule has 0 spiro atoms. The molecule has 1 aliphatic carbocycles. The first-order chi connectivity index (χ1) is 9.13. The Kier molecular flexibility index (Phi) is 3.57. The molecule has 1 aromatic heterocycles.